The molecule has 0 aromatic heterocycles. The van der Waals surface area contributed by atoms with Crippen LogP contribution in [0.15, 0.2) is 48.5 Å². The Morgan fingerprint density at radius 1 is 1.21 bits per heavy atom. The van der Waals surface area contributed by atoms with Crippen molar-refractivity contribution < 1.29 is 19.1 Å². The van der Waals surface area contributed by atoms with E-state index in [2.05, 4.69) is 5.32 Å². The van der Waals surface area contributed by atoms with Crippen molar-refractivity contribution in [1.29, 1.82) is 5.26 Å². The lowest BCUT2D eigenvalue weighted by Gasteiger charge is -2.26. The molecule has 0 saturated carbocycles. The monoisotopic (exact) mass is 391 g/mol. The normalized spacial score (nSPS) is 15.8. The molecule has 0 spiro atoms. The average Bonchev–Trinajstić information content (AvgIpc) is 3.03. The third-order valence-corrected chi connectivity index (χ3v) is 4.72. The van der Waals surface area contributed by atoms with Crippen molar-refractivity contribution in [1.82, 2.24) is 0 Å². The number of carbonyl (C=O) groups is 3. The van der Waals surface area contributed by atoms with Gasteiger partial charge in [0.1, 0.15) is 6.42 Å². The third-order valence-electron chi connectivity index (χ3n) is 4.72. The first-order valence-corrected chi connectivity index (χ1v) is 9.29. The van der Waals surface area contributed by atoms with E-state index in [-0.39, 0.29) is 23.9 Å². The Bertz CT molecular complexity index is 978. The summed E-state index contributed by atoms with van der Waals surface area (Å²) in [5.41, 5.74) is 2.68. The molecule has 148 valence electrons. The number of rotatable bonds is 5. The zero-order valence-electron chi connectivity index (χ0n) is 16.2. The lowest BCUT2D eigenvalue weighted by molar-refractivity contribution is -0.126. The van der Waals surface area contributed by atoms with Crippen LogP contribution in [0, 0.1) is 11.3 Å². The Morgan fingerprint density at radius 3 is 2.59 bits per heavy atom. The molecular formula is C22H21N3O4. The van der Waals surface area contributed by atoms with Crippen molar-refractivity contribution >= 4 is 29.2 Å². The second-order valence-electron chi connectivity index (χ2n) is 6.90. The molecule has 0 bridgehead atoms. The summed E-state index contributed by atoms with van der Waals surface area (Å²) in [4.78, 5) is 38.4. The first-order chi connectivity index (χ1) is 13.9. The van der Waals surface area contributed by atoms with Crippen LogP contribution >= 0.6 is 0 Å². The number of amides is 2. The van der Waals surface area contributed by atoms with Crippen LogP contribution in [0.5, 0.6) is 0 Å². The minimum absolute atomic E-state index is 0.00245. The number of ether oxygens (including phenoxy) is 1. The number of hydrogen-bond acceptors (Lipinski definition) is 5. The second-order valence-corrected chi connectivity index (χ2v) is 6.90. The van der Waals surface area contributed by atoms with Crippen molar-refractivity contribution in [2.75, 3.05) is 10.2 Å². The van der Waals surface area contributed by atoms with Gasteiger partial charge in [-0.15, -0.1) is 0 Å². The van der Waals surface area contributed by atoms with Crippen molar-refractivity contribution in [3.8, 4) is 6.07 Å². The fraction of sp³-hybridized carbons (Fsp3) is 0.273. The number of hydrogen-bond donors (Lipinski definition) is 1. The highest BCUT2D eigenvalue weighted by molar-refractivity contribution is 6.01. The Hall–Kier alpha value is -3.66. The summed E-state index contributed by atoms with van der Waals surface area (Å²) < 4.78 is 5.37. The Morgan fingerprint density at radius 2 is 1.90 bits per heavy atom. The van der Waals surface area contributed by atoms with Gasteiger partial charge in [0, 0.05) is 17.4 Å². The molecule has 7 heteroatoms. The molecule has 1 aliphatic heterocycles. The van der Waals surface area contributed by atoms with Crippen LogP contribution in [0.2, 0.25) is 0 Å². The van der Waals surface area contributed by atoms with Crippen LogP contribution in [0.1, 0.15) is 36.2 Å². The second kappa shape index (κ2) is 8.57. The maximum absolute atomic E-state index is 12.9. The van der Waals surface area contributed by atoms with Crippen LogP contribution in [0.4, 0.5) is 11.4 Å². The molecule has 0 radical (unpaired) electrons. The molecule has 1 aliphatic rings. The number of carbonyl (C=O) groups excluding carboxylic acids is 3. The van der Waals surface area contributed by atoms with Crippen molar-refractivity contribution in [2.45, 2.75) is 38.8 Å². The van der Waals surface area contributed by atoms with Gasteiger partial charge in [-0.25, -0.2) is 4.79 Å². The minimum Gasteiger partial charge on any atom is -0.449 e. The summed E-state index contributed by atoms with van der Waals surface area (Å²) in [5.74, 6) is -1.32. The van der Waals surface area contributed by atoms with E-state index in [1.807, 2.05) is 31.2 Å². The first-order valence-electron chi connectivity index (χ1n) is 9.29. The van der Waals surface area contributed by atoms with E-state index in [1.165, 1.54) is 24.3 Å². The van der Waals surface area contributed by atoms with Crippen LogP contribution < -0.4 is 10.2 Å². The number of para-hydroxylation sites is 1. The van der Waals surface area contributed by atoms with Crippen molar-refractivity contribution in [2.24, 2.45) is 0 Å². The zero-order valence-corrected chi connectivity index (χ0v) is 16.2. The van der Waals surface area contributed by atoms with Gasteiger partial charge in [0.05, 0.1) is 11.6 Å². The highest BCUT2D eigenvalue weighted by Gasteiger charge is 2.34. The predicted molar refractivity (Wildman–Crippen MR) is 107 cm³/mol. The summed E-state index contributed by atoms with van der Waals surface area (Å²) in [5, 5.41) is 11.1. The number of nitrogens with zero attached hydrogens (tertiary/aromatic N) is 2. The standard InChI is InChI=1S/C22H21N3O4/c1-14-13-17-5-3-4-6-19(17)25(14)21(27)15(2)29-22(28)16-7-9-18(10-8-16)24-20(26)11-12-23/h3-10,14-15H,11,13H2,1-2H3,(H,24,26)/t14-,15+/m0/s1. The predicted octanol–water partition coefficient (Wildman–Crippen LogP) is 3.06. The highest BCUT2D eigenvalue weighted by Crippen LogP contribution is 2.32. The molecular weight excluding hydrogens is 370 g/mol. The quantitative estimate of drug-likeness (QED) is 0.790. The third kappa shape index (κ3) is 4.43. The number of anilines is 2. The highest BCUT2D eigenvalue weighted by atomic mass is 16.5. The Balaban J connectivity index is 1.64. The molecule has 0 saturated heterocycles. The van der Waals surface area contributed by atoms with E-state index in [0.717, 1.165) is 17.7 Å². The topological polar surface area (TPSA) is 99.5 Å². The molecule has 2 atom stereocenters. The lowest BCUT2D eigenvalue weighted by atomic mass is 10.1. The van der Waals surface area contributed by atoms with Crippen molar-refractivity contribution in [3.63, 3.8) is 0 Å². The van der Waals surface area contributed by atoms with Gasteiger partial charge in [0.25, 0.3) is 5.91 Å². The molecule has 1 N–H and O–H groups in total. The van der Waals surface area contributed by atoms with Gasteiger partial charge in [0.2, 0.25) is 5.91 Å². The summed E-state index contributed by atoms with van der Waals surface area (Å²) in [6, 6.07) is 15.5. The minimum atomic E-state index is -0.939. The van der Waals surface area contributed by atoms with Gasteiger partial charge in [-0.1, -0.05) is 18.2 Å². The average molecular weight is 391 g/mol. The summed E-state index contributed by atoms with van der Waals surface area (Å²) >= 11 is 0. The fourth-order valence-corrected chi connectivity index (χ4v) is 3.34. The van der Waals surface area contributed by atoms with Gasteiger partial charge < -0.3 is 15.0 Å². The zero-order chi connectivity index (χ0) is 21.0. The van der Waals surface area contributed by atoms with E-state index in [4.69, 9.17) is 10.00 Å². The summed E-state index contributed by atoms with van der Waals surface area (Å²) in [7, 11) is 0. The molecule has 0 unspecified atom stereocenters. The van der Waals surface area contributed by atoms with E-state index < -0.39 is 18.0 Å². The Labute approximate surface area is 168 Å². The number of benzene rings is 2. The van der Waals surface area contributed by atoms with Gasteiger partial charge in [-0.3, -0.25) is 9.59 Å². The van der Waals surface area contributed by atoms with Gasteiger partial charge >= 0.3 is 5.97 Å². The van der Waals surface area contributed by atoms with Crippen LogP contribution in [0.25, 0.3) is 0 Å². The van der Waals surface area contributed by atoms with E-state index in [0.29, 0.717) is 5.69 Å². The molecule has 7 nitrogen and oxygen atoms in total. The van der Waals surface area contributed by atoms with Crippen molar-refractivity contribution in [3.05, 3.63) is 59.7 Å². The number of nitriles is 1. The summed E-state index contributed by atoms with van der Waals surface area (Å²) in [6.07, 6.45) is -0.422. The molecule has 0 aliphatic carbocycles. The Kier molecular flexibility index (Phi) is 5.93. The molecule has 0 fully saturated rings. The smallest absolute Gasteiger partial charge is 0.338 e. The molecule has 2 aromatic carbocycles. The van der Waals surface area contributed by atoms with E-state index in [1.54, 1.807) is 17.9 Å². The molecule has 3 rings (SSSR count). The maximum Gasteiger partial charge on any atom is 0.338 e. The number of fused-ring (bicyclic) bond motifs is 1. The summed E-state index contributed by atoms with van der Waals surface area (Å²) in [6.45, 7) is 3.52. The van der Waals surface area contributed by atoms with Crippen LogP contribution in [0.3, 0.4) is 0 Å². The molecule has 1 heterocycles. The maximum atomic E-state index is 12.9. The number of esters is 1. The molecule has 29 heavy (non-hydrogen) atoms. The largest absolute Gasteiger partial charge is 0.449 e. The van der Waals surface area contributed by atoms with E-state index >= 15 is 0 Å². The first kappa shape index (κ1) is 20.1. The number of nitrogens with one attached hydrogen (secondary N) is 1. The van der Waals surface area contributed by atoms with Crippen LogP contribution in [-0.2, 0) is 20.7 Å². The van der Waals surface area contributed by atoms with E-state index in [9.17, 15) is 14.4 Å². The molecule has 2 amide bonds. The lowest BCUT2D eigenvalue weighted by Crippen LogP contribution is -2.43. The van der Waals surface area contributed by atoms with Gasteiger partial charge in [-0.2, -0.15) is 5.26 Å². The van der Waals surface area contributed by atoms with Crippen LogP contribution in [-0.4, -0.2) is 29.9 Å². The van der Waals surface area contributed by atoms with Gasteiger partial charge in [0.15, 0.2) is 6.10 Å². The molecule has 2 aromatic rings. The fourth-order valence-electron chi connectivity index (χ4n) is 3.34. The van der Waals surface area contributed by atoms with Gasteiger partial charge in [-0.05, 0) is 56.2 Å². The SMILES string of the molecule is C[C@@H](OC(=O)c1ccc(NC(=O)CC#N)cc1)C(=O)N1c2ccccc2C[C@@H]1C.